The highest BCUT2D eigenvalue weighted by atomic mass is 32.2. The van der Waals surface area contributed by atoms with Crippen LogP contribution in [0.2, 0.25) is 0 Å². The third-order valence-electron chi connectivity index (χ3n) is 4.75. The monoisotopic (exact) mass is 422 g/mol. The van der Waals surface area contributed by atoms with Crippen LogP contribution in [0.4, 0.5) is 0 Å². The third kappa shape index (κ3) is 5.78. The van der Waals surface area contributed by atoms with Crippen molar-refractivity contribution in [2.75, 3.05) is 6.54 Å². The van der Waals surface area contributed by atoms with Crippen LogP contribution in [0.1, 0.15) is 35.7 Å². The van der Waals surface area contributed by atoms with Crippen molar-refractivity contribution in [3.63, 3.8) is 0 Å². The summed E-state index contributed by atoms with van der Waals surface area (Å²) in [5.41, 5.74) is 3.19. The largest absolute Gasteiger partial charge is 0.352 e. The first-order chi connectivity index (χ1) is 14.5. The van der Waals surface area contributed by atoms with Gasteiger partial charge < -0.3 is 5.32 Å². The fraction of sp³-hybridized carbons (Fsp3) is 0.208. The summed E-state index contributed by atoms with van der Waals surface area (Å²) in [4.78, 5) is 12.5. The molecule has 3 aromatic rings. The highest BCUT2D eigenvalue weighted by molar-refractivity contribution is 7.89. The number of amides is 1. The van der Waals surface area contributed by atoms with Crippen LogP contribution >= 0.6 is 0 Å². The molecular formula is C24H26N2O3S. The van der Waals surface area contributed by atoms with Crippen molar-refractivity contribution in [1.82, 2.24) is 10.0 Å². The molecule has 0 aliphatic carbocycles. The molecular weight excluding hydrogens is 396 g/mol. The minimum Gasteiger partial charge on any atom is -0.352 e. The average molecular weight is 423 g/mol. The van der Waals surface area contributed by atoms with Gasteiger partial charge in [0.15, 0.2) is 0 Å². The van der Waals surface area contributed by atoms with Crippen molar-refractivity contribution in [3.05, 3.63) is 90.0 Å². The molecule has 6 heteroatoms. The number of carbonyl (C=O) groups is 1. The fourth-order valence-electron chi connectivity index (χ4n) is 3.00. The van der Waals surface area contributed by atoms with Crippen molar-refractivity contribution in [2.45, 2.75) is 31.2 Å². The molecule has 1 amide bonds. The topological polar surface area (TPSA) is 75.3 Å². The van der Waals surface area contributed by atoms with E-state index in [0.717, 1.165) is 29.5 Å². The number of benzene rings is 3. The number of hydrogen-bond acceptors (Lipinski definition) is 3. The summed E-state index contributed by atoms with van der Waals surface area (Å²) in [7, 11) is -3.61. The van der Waals surface area contributed by atoms with E-state index in [-0.39, 0.29) is 17.3 Å². The molecule has 3 rings (SSSR count). The standard InChI is InChI=1S/C24H26N2O3S/c1-2-3-16-25-24(27)22-11-7-10-21(17-22)20-12-14-23(15-13-20)30(28,29)26-18-19-8-5-4-6-9-19/h4-15,17,26H,2-3,16,18H2,1H3,(H,25,27). The molecule has 2 N–H and O–H groups in total. The normalized spacial score (nSPS) is 11.2. The molecule has 0 saturated carbocycles. The van der Waals surface area contributed by atoms with Crippen molar-refractivity contribution < 1.29 is 13.2 Å². The van der Waals surface area contributed by atoms with Crippen molar-refractivity contribution >= 4 is 15.9 Å². The van der Waals surface area contributed by atoms with Gasteiger partial charge in [0.25, 0.3) is 5.91 Å². The van der Waals surface area contributed by atoms with Crippen LogP contribution in [0, 0.1) is 0 Å². The summed E-state index contributed by atoms with van der Waals surface area (Å²) in [6.45, 7) is 2.97. The summed E-state index contributed by atoms with van der Waals surface area (Å²) >= 11 is 0. The first-order valence-electron chi connectivity index (χ1n) is 10.0. The Hall–Kier alpha value is -2.96. The molecule has 0 spiro atoms. The van der Waals surface area contributed by atoms with E-state index in [2.05, 4.69) is 17.0 Å². The van der Waals surface area contributed by atoms with Gasteiger partial charge in [0.1, 0.15) is 0 Å². The van der Waals surface area contributed by atoms with E-state index in [1.54, 1.807) is 30.3 Å². The number of hydrogen-bond donors (Lipinski definition) is 2. The summed E-state index contributed by atoms with van der Waals surface area (Å²) < 4.78 is 27.7. The number of sulfonamides is 1. The fourth-order valence-corrected chi connectivity index (χ4v) is 4.02. The van der Waals surface area contributed by atoms with Gasteiger partial charge in [-0.15, -0.1) is 0 Å². The zero-order valence-corrected chi connectivity index (χ0v) is 17.8. The Morgan fingerprint density at radius 3 is 2.30 bits per heavy atom. The predicted molar refractivity (Wildman–Crippen MR) is 120 cm³/mol. The molecule has 0 heterocycles. The molecule has 0 saturated heterocycles. The predicted octanol–water partition coefficient (Wildman–Crippen LogP) is 4.36. The maximum Gasteiger partial charge on any atom is 0.251 e. The van der Waals surface area contributed by atoms with E-state index in [1.807, 2.05) is 48.5 Å². The van der Waals surface area contributed by atoms with Gasteiger partial charge in [0.2, 0.25) is 10.0 Å². The molecule has 156 valence electrons. The van der Waals surface area contributed by atoms with Crippen LogP contribution in [-0.4, -0.2) is 20.9 Å². The highest BCUT2D eigenvalue weighted by Gasteiger charge is 2.14. The van der Waals surface area contributed by atoms with E-state index in [0.29, 0.717) is 12.1 Å². The Bertz CT molecular complexity index is 1080. The summed E-state index contributed by atoms with van der Waals surface area (Å²) in [5.74, 6) is -0.102. The molecule has 0 fully saturated rings. The maximum atomic E-state index is 12.6. The third-order valence-corrected chi connectivity index (χ3v) is 6.16. The SMILES string of the molecule is CCCCNC(=O)c1cccc(-c2ccc(S(=O)(=O)NCc3ccccc3)cc2)c1. The lowest BCUT2D eigenvalue weighted by atomic mass is 10.0. The van der Waals surface area contributed by atoms with Gasteiger partial charge in [-0.05, 0) is 47.4 Å². The summed E-state index contributed by atoms with van der Waals surface area (Å²) in [6.07, 6.45) is 1.97. The minimum atomic E-state index is -3.61. The molecule has 5 nitrogen and oxygen atoms in total. The first-order valence-corrected chi connectivity index (χ1v) is 11.5. The number of nitrogens with one attached hydrogen (secondary N) is 2. The lowest BCUT2D eigenvalue weighted by Gasteiger charge is -2.09. The number of unbranched alkanes of at least 4 members (excludes halogenated alkanes) is 1. The molecule has 0 bridgehead atoms. The Kier molecular flexibility index (Phi) is 7.38. The van der Waals surface area contributed by atoms with Gasteiger partial charge >= 0.3 is 0 Å². The van der Waals surface area contributed by atoms with Crippen LogP contribution in [-0.2, 0) is 16.6 Å². The van der Waals surface area contributed by atoms with Gasteiger partial charge in [0.05, 0.1) is 4.90 Å². The quantitative estimate of drug-likeness (QED) is 0.503. The molecule has 0 aliphatic rings. The smallest absolute Gasteiger partial charge is 0.251 e. The van der Waals surface area contributed by atoms with E-state index in [4.69, 9.17) is 0 Å². The van der Waals surface area contributed by atoms with Gasteiger partial charge in [-0.3, -0.25) is 4.79 Å². The van der Waals surface area contributed by atoms with Crippen LogP contribution in [0.5, 0.6) is 0 Å². The van der Waals surface area contributed by atoms with Gasteiger partial charge in [-0.2, -0.15) is 0 Å². The Labute approximate surface area is 178 Å². The second-order valence-electron chi connectivity index (χ2n) is 7.02. The molecule has 0 unspecified atom stereocenters. The Morgan fingerprint density at radius 2 is 1.60 bits per heavy atom. The molecule has 0 aliphatic heterocycles. The van der Waals surface area contributed by atoms with E-state index in [1.165, 1.54) is 0 Å². The molecule has 30 heavy (non-hydrogen) atoms. The average Bonchev–Trinajstić information content (AvgIpc) is 2.79. The van der Waals surface area contributed by atoms with E-state index in [9.17, 15) is 13.2 Å². The molecule has 3 aromatic carbocycles. The Balaban J connectivity index is 1.70. The minimum absolute atomic E-state index is 0.102. The van der Waals surface area contributed by atoms with Crippen molar-refractivity contribution in [2.24, 2.45) is 0 Å². The highest BCUT2D eigenvalue weighted by Crippen LogP contribution is 2.22. The second kappa shape index (κ2) is 10.2. The van der Waals surface area contributed by atoms with Crippen LogP contribution in [0.3, 0.4) is 0 Å². The molecule has 0 atom stereocenters. The van der Waals surface area contributed by atoms with Gasteiger partial charge in [-0.1, -0.05) is 67.9 Å². The summed E-state index contributed by atoms with van der Waals surface area (Å²) in [6, 6.07) is 23.4. The van der Waals surface area contributed by atoms with Crippen LogP contribution in [0.15, 0.2) is 83.8 Å². The Morgan fingerprint density at radius 1 is 0.867 bits per heavy atom. The molecule has 0 aromatic heterocycles. The lowest BCUT2D eigenvalue weighted by Crippen LogP contribution is -2.24. The zero-order chi connectivity index (χ0) is 21.4. The second-order valence-corrected chi connectivity index (χ2v) is 8.79. The van der Waals surface area contributed by atoms with Gasteiger partial charge in [-0.25, -0.2) is 13.1 Å². The van der Waals surface area contributed by atoms with Crippen molar-refractivity contribution in [3.8, 4) is 11.1 Å². The van der Waals surface area contributed by atoms with Crippen LogP contribution < -0.4 is 10.0 Å². The van der Waals surface area contributed by atoms with Gasteiger partial charge in [0, 0.05) is 18.7 Å². The van der Waals surface area contributed by atoms with E-state index >= 15 is 0 Å². The maximum absolute atomic E-state index is 12.6. The zero-order valence-electron chi connectivity index (χ0n) is 17.0. The number of rotatable bonds is 9. The molecule has 0 radical (unpaired) electrons. The van der Waals surface area contributed by atoms with E-state index < -0.39 is 10.0 Å². The van der Waals surface area contributed by atoms with Crippen molar-refractivity contribution in [1.29, 1.82) is 0 Å². The van der Waals surface area contributed by atoms with Crippen LogP contribution in [0.25, 0.3) is 11.1 Å². The number of carbonyl (C=O) groups excluding carboxylic acids is 1. The lowest BCUT2D eigenvalue weighted by molar-refractivity contribution is 0.0953. The summed E-state index contributed by atoms with van der Waals surface area (Å²) in [5, 5.41) is 2.91. The first kappa shape index (κ1) is 21.7.